The van der Waals surface area contributed by atoms with Crippen molar-refractivity contribution in [3.63, 3.8) is 0 Å². The summed E-state index contributed by atoms with van der Waals surface area (Å²) < 4.78 is 5.35. The van der Waals surface area contributed by atoms with Gasteiger partial charge in [0.05, 0.1) is 19.3 Å². The van der Waals surface area contributed by atoms with Crippen LogP contribution in [0.5, 0.6) is 0 Å². The normalized spacial score (nSPS) is 32.8. The molecule has 3 unspecified atom stereocenters. The Balaban J connectivity index is 0.00000162. The van der Waals surface area contributed by atoms with Gasteiger partial charge in [-0.3, -0.25) is 4.79 Å². The molecule has 2 fully saturated rings. The fourth-order valence-corrected chi connectivity index (χ4v) is 2.93. The number of hydrogen-bond donors (Lipinski definition) is 1. The molecule has 4 nitrogen and oxygen atoms in total. The predicted octanol–water partition coefficient (Wildman–Crippen LogP) is 1.56. The monoisotopic (exact) mass is 276 g/mol. The van der Waals surface area contributed by atoms with Crippen molar-refractivity contribution in [1.29, 1.82) is 0 Å². The first-order valence-electron chi connectivity index (χ1n) is 6.81. The first-order chi connectivity index (χ1) is 8.18. The van der Waals surface area contributed by atoms with Gasteiger partial charge in [0.1, 0.15) is 0 Å². The van der Waals surface area contributed by atoms with Crippen LogP contribution in [-0.2, 0) is 9.53 Å². The minimum atomic E-state index is 0. The van der Waals surface area contributed by atoms with Gasteiger partial charge in [-0.15, -0.1) is 12.4 Å². The predicted molar refractivity (Wildman–Crippen MR) is 73.8 cm³/mol. The van der Waals surface area contributed by atoms with Crippen molar-refractivity contribution >= 4 is 18.3 Å². The maximum Gasteiger partial charge on any atom is 0.223 e. The SMILES string of the molecule is CC1COCCN1C(=O)CC1CCCCC1N.Cl. The molecule has 0 aromatic heterocycles. The molecule has 1 saturated carbocycles. The summed E-state index contributed by atoms with van der Waals surface area (Å²) in [6.45, 7) is 4.13. The summed E-state index contributed by atoms with van der Waals surface area (Å²) in [7, 11) is 0. The van der Waals surface area contributed by atoms with Gasteiger partial charge in [-0.05, 0) is 25.7 Å². The summed E-state index contributed by atoms with van der Waals surface area (Å²) >= 11 is 0. The molecular formula is C13H25ClN2O2. The number of ether oxygens (including phenoxy) is 1. The number of nitrogens with two attached hydrogens (primary N) is 1. The summed E-state index contributed by atoms with van der Waals surface area (Å²) in [4.78, 5) is 14.2. The highest BCUT2D eigenvalue weighted by molar-refractivity contribution is 5.85. The summed E-state index contributed by atoms with van der Waals surface area (Å²) in [5.74, 6) is 0.662. The highest BCUT2D eigenvalue weighted by atomic mass is 35.5. The van der Waals surface area contributed by atoms with Crippen molar-refractivity contribution in [2.45, 2.75) is 51.1 Å². The average Bonchev–Trinajstić information content (AvgIpc) is 2.32. The highest BCUT2D eigenvalue weighted by Crippen LogP contribution is 2.26. The van der Waals surface area contributed by atoms with Crippen LogP contribution in [0, 0.1) is 5.92 Å². The lowest BCUT2D eigenvalue weighted by Gasteiger charge is -2.36. The molecule has 3 atom stereocenters. The van der Waals surface area contributed by atoms with Crippen molar-refractivity contribution in [3.8, 4) is 0 Å². The molecule has 1 amide bonds. The third kappa shape index (κ3) is 3.84. The number of amides is 1. The summed E-state index contributed by atoms with van der Waals surface area (Å²) in [5, 5.41) is 0. The number of morpholine rings is 1. The first kappa shape index (κ1) is 15.7. The van der Waals surface area contributed by atoms with Crippen molar-refractivity contribution in [1.82, 2.24) is 4.90 Å². The smallest absolute Gasteiger partial charge is 0.223 e. The number of carbonyl (C=O) groups excluding carboxylic acids is 1. The van der Waals surface area contributed by atoms with Gasteiger partial charge in [0.15, 0.2) is 0 Å². The molecule has 18 heavy (non-hydrogen) atoms. The van der Waals surface area contributed by atoms with Crippen LogP contribution in [0.15, 0.2) is 0 Å². The number of carbonyl (C=O) groups is 1. The quantitative estimate of drug-likeness (QED) is 0.833. The minimum absolute atomic E-state index is 0. The molecule has 1 aliphatic carbocycles. The second-order valence-corrected chi connectivity index (χ2v) is 5.42. The molecule has 1 aliphatic heterocycles. The van der Waals surface area contributed by atoms with E-state index in [1.54, 1.807) is 0 Å². The van der Waals surface area contributed by atoms with Crippen LogP contribution in [0.3, 0.4) is 0 Å². The number of nitrogens with zero attached hydrogens (tertiary/aromatic N) is 1. The standard InChI is InChI=1S/C13H24N2O2.ClH/c1-10-9-17-7-6-15(10)13(16)8-11-4-2-3-5-12(11)14;/h10-12H,2-9,14H2,1H3;1H. The van der Waals surface area contributed by atoms with Gasteiger partial charge in [0.2, 0.25) is 5.91 Å². The number of rotatable bonds is 2. The molecule has 0 bridgehead atoms. The Morgan fingerprint density at radius 1 is 1.39 bits per heavy atom. The highest BCUT2D eigenvalue weighted by Gasteiger charge is 2.29. The van der Waals surface area contributed by atoms with E-state index in [1.165, 1.54) is 12.8 Å². The largest absolute Gasteiger partial charge is 0.377 e. The van der Waals surface area contributed by atoms with E-state index in [0.717, 1.165) is 19.4 Å². The van der Waals surface area contributed by atoms with E-state index in [9.17, 15) is 4.79 Å². The van der Waals surface area contributed by atoms with Crippen LogP contribution in [-0.4, -0.2) is 42.6 Å². The molecule has 1 saturated heterocycles. The molecule has 0 aromatic carbocycles. The van der Waals surface area contributed by atoms with Crippen LogP contribution in [0.4, 0.5) is 0 Å². The van der Waals surface area contributed by atoms with Crippen LogP contribution in [0.2, 0.25) is 0 Å². The molecule has 0 spiro atoms. The zero-order chi connectivity index (χ0) is 12.3. The van der Waals surface area contributed by atoms with Crippen molar-refractivity contribution < 1.29 is 9.53 Å². The van der Waals surface area contributed by atoms with E-state index in [4.69, 9.17) is 10.5 Å². The molecule has 1 heterocycles. The third-order valence-corrected chi connectivity index (χ3v) is 4.09. The first-order valence-corrected chi connectivity index (χ1v) is 6.81. The Morgan fingerprint density at radius 3 is 2.78 bits per heavy atom. The molecule has 0 aromatic rings. The number of halogens is 1. The summed E-state index contributed by atoms with van der Waals surface area (Å²) in [6, 6.07) is 0.445. The van der Waals surface area contributed by atoms with Gasteiger partial charge in [0.25, 0.3) is 0 Å². The van der Waals surface area contributed by atoms with Gasteiger partial charge in [-0.2, -0.15) is 0 Å². The molecule has 106 valence electrons. The third-order valence-electron chi connectivity index (χ3n) is 4.09. The van der Waals surface area contributed by atoms with E-state index in [-0.39, 0.29) is 30.4 Å². The van der Waals surface area contributed by atoms with Gasteiger partial charge in [-0.25, -0.2) is 0 Å². The van der Waals surface area contributed by atoms with Crippen LogP contribution < -0.4 is 5.73 Å². The molecule has 0 radical (unpaired) electrons. The van der Waals surface area contributed by atoms with Crippen molar-refractivity contribution in [2.24, 2.45) is 11.7 Å². The Labute approximate surface area is 116 Å². The van der Waals surface area contributed by atoms with E-state index in [0.29, 0.717) is 25.6 Å². The second kappa shape index (κ2) is 7.31. The van der Waals surface area contributed by atoms with Crippen LogP contribution in [0.25, 0.3) is 0 Å². The van der Waals surface area contributed by atoms with E-state index in [2.05, 4.69) is 6.92 Å². The average molecular weight is 277 g/mol. The van der Waals surface area contributed by atoms with Gasteiger partial charge < -0.3 is 15.4 Å². The maximum absolute atomic E-state index is 12.2. The Kier molecular flexibility index (Phi) is 6.39. The number of hydrogen-bond acceptors (Lipinski definition) is 3. The van der Waals surface area contributed by atoms with Gasteiger partial charge >= 0.3 is 0 Å². The lowest BCUT2D eigenvalue weighted by molar-refractivity contribution is -0.140. The molecule has 2 aliphatic rings. The van der Waals surface area contributed by atoms with E-state index >= 15 is 0 Å². The molecule has 5 heteroatoms. The van der Waals surface area contributed by atoms with Crippen LogP contribution >= 0.6 is 12.4 Å². The topological polar surface area (TPSA) is 55.6 Å². The van der Waals surface area contributed by atoms with Crippen molar-refractivity contribution in [3.05, 3.63) is 0 Å². The summed E-state index contributed by atoms with van der Waals surface area (Å²) in [5.41, 5.74) is 6.10. The Hall–Kier alpha value is -0.320. The van der Waals surface area contributed by atoms with Crippen LogP contribution in [0.1, 0.15) is 39.0 Å². The zero-order valence-corrected chi connectivity index (χ0v) is 12.0. The van der Waals surface area contributed by atoms with E-state index < -0.39 is 0 Å². The zero-order valence-electron chi connectivity index (χ0n) is 11.1. The van der Waals surface area contributed by atoms with Crippen molar-refractivity contribution in [2.75, 3.05) is 19.8 Å². The lowest BCUT2D eigenvalue weighted by atomic mass is 9.82. The molecule has 2 rings (SSSR count). The minimum Gasteiger partial charge on any atom is -0.377 e. The fraction of sp³-hybridized carbons (Fsp3) is 0.923. The Morgan fingerprint density at radius 2 is 2.11 bits per heavy atom. The lowest BCUT2D eigenvalue weighted by Crippen LogP contribution is -2.48. The van der Waals surface area contributed by atoms with E-state index in [1.807, 2.05) is 4.90 Å². The maximum atomic E-state index is 12.2. The van der Waals surface area contributed by atoms with Gasteiger partial charge in [0, 0.05) is 19.0 Å². The second-order valence-electron chi connectivity index (χ2n) is 5.42. The molecule has 2 N–H and O–H groups in total. The summed E-state index contributed by atoms with van der Waals surface area (Å²) in [6.07, 6.45) is 5.28. The molecular weight excluding hydrogens is 252 g/mol. The Bertz CT molecular complexity index is 276. The van der Waals surface area contributed by atoms with Gasteiger partial charge in [-0.1, -0.05) is 12.8 Å². The fourth-order valence-electron chi connectivity index (χ4n) is 2.93.